The molecule has 0 aliphatic carbocycles. The van der Waals surface area contributed by atoms with Gasteiger partial charge in [-0.15, -0.1) is 11.3 Å². The molecule has 1 heterocycles. The van der Waals surface area contributed by atoms with Crippen molar-refractivity contribution in [3.63, 3.8) is 0 Å². The molecular weight excluding hydrogens is 424 g/mol. The molecule has 30 heavy (non-hydrogen) atoms. The van der Waals surface area contributed by atoms with Crippen molar-refractivity contribution in [3.05, 3.63) is 104 Å². The number of hydrogen-bond acceptors (Lipinski definition) is 5. The van der Waals surface area contributed by atoms with Crippen LogP contribution in [0, 0.1) is 10.1 Å². The number of non-ortho nitro benzene ring substituents is 1. The Bertz CT molecular complexity index is 1370. The monoisotopic (exact) mass is 436 g/mol. The molecule has 148 valence electrons. The van der Waals surface area contributed by atoms with Gasteiger partial charge < -0.3 is 5.32 Å². The molecule has 1 amide bonds. The smallest absolute Gasteiger partial charge is 0.270 e. The van der Waals surface area contributed by atoms with Crippen molar-refractivity contribution in [1.29, 1.82) is 0 Å². The van der Waals surface area contributed by atoms with Gasteiger partial charge >= 0.3 is 0 Å². The third kappa shape index (κ3) is 3.80. The highest BCUT2D eigenvalue weighted by molar-refractivity contribution is 7.22. The van der Waals surface area contributed by atoms with E-state index < -0.39 is 10.8 Å². The number of fused-ring (bicyclic) bond motifs is 1. The van der Waals surface area contributed by atoms with E-state index in [1.54, 1.807) is 42.5 Å². The molecule has 1 N–H and O–H groups in total. The fraction of sp³-hybridized carbons (Fsp3) is 0. The molecular formula is C22H13ClN2O4S. The van der Waals surface area contributed by atoms with Gasteiger partial charge in [0.15, 0.2) is 5.43 Å². The molecule has 4 aromatic rings. The average molecular weight is 437 g/mol. The third-order valence-electron chi connectivity index (χ3n) is 4.46. The normalized spacial score (nSPS) is 10.7. The van der Waals surface area contributed by atoms with E-state index in [1.165, 1.54) is 35.6 Å². The van der Waals surface area contributed by atoms with E-state index in [0.717, 1.165) is 0 Å². The summed E-state index contributed by atoms with van der Waals surface area (Å²) in [6, 6.07) is 19.4. The van der Waals surface area contributed by atoms with Crippen molar-refractivity contribution in [2.75, 3.05) is 5.32 Å². The largest absolute Gasteiger partial charge is 0.313 e. The van der Waals surface area contributed by atoms with E-state index in [2.05, 4.69) is 5.32 Å². The Kier molecular flexibility index (Phi) is 5.31. The lowest BCUT2D eigenvalue weighted by atomic mass is 10.1. The molecule has 0 bridgehead atoms. The number of halogens is 1. The second kappa shape index (κ2) is 8.06. The molecule has 0 aliphatic rings. The number of hydrogen-bond donors (Lipinski definition) is 1. The van der Waals surface area contributed by atoms with Crippen LogP contribution in [0.15, 0.2) is 77.6 Å². The van der Waals surface area contributed by atoms with Crippen molar-refractivity contribution in [2.24, 2.45) is 0 Å². The molecule has 0 unspecified atom stereocenters. The van der Waals surface area contributed by atoms with Crippen molar-refractivity contribution in [2.45, 2.75) is 0 Å². The number of rotatable bonds is 4. The molecule has 1 aromatic heterocycles. The summed E-state index contributed by atoms with van der Waals surface area (Å²) in [7, 11) is 0. The van der Waals surface area contributed by atoms with Gasteiger partial charge in [0, 0.05) is 32.8 Å². The van der Waals surface area contributed by atoms with Gasteiger partial charge in [-0.25, -0.2) is 0 Å². The second-order valence-electron chi connectivity index (χ2n) is 6.40. The van der Waals surface area contributed by atoms with E-state index in [0.29, 0.717) is 31.2 Å². The number of nitro benzene ring substituents is 1. The molecule has 0 spiro atoms. The van der Waals surface area contributed by atoms with Crippen molar-refractivity contribution >= 4 is 49.6 Å². The standard InChI is InChI=1S/C22H13ClN2O4S/c23-15-7-3-5-13(11-15)19-20(26)17-9-1-2-10-18(17)30-22(19)24-21(27)14-6-4-8-16(12-14)25(28)29/h1-12H,(H,24,27). The van der Waals surface area contributed by atoms with Gasteiger partial charge in [-0.3, -0.25) is 19.7 Å². The van der Waals surface area contributed by atoms with Crippen LogP contribution in [-0.4, -0.2) is 10.8 Å². The second-order valence-corrected chi connectivity index (χ2v) is 7.89. The molecule has 6 nitrogen and oxygen atoms in total. The predicted molar refractivity (Wildman–Crippen MR) is 120 cm³/mol. The SMILES string of the molecule is O=C(Nc1sc2ccccc2c(=O)c1-c1cccc(Cl)c1)c1cccc([N+](=O)[O-])c1. The Morgan fingerprint density at radius 1 is 1.00 bits per heavy atom. The summed E-state index contributed by atoms with van der Waals surface area (Å²) >= 11 is 7.37. The van der Waals surface area contributed by atoms with Crippen LogP contribution in [0.1, 0.15) is 10.4 Å². The van der Waals surface area contributed by atoms with E-state index >= 15 is 0 Å². The minimum atomic E-state index is -0.567. The summed E-state index contributed by atoms with van der Waals surface area (Å²) in [6.07, 6.45) is 0. The molecule has 3 aromatic carbocycles. The van der Waals surface area contributed by atoms with E-state index in [4.69, 9.17) is 11.6 Å². The Balaban J connectivity index is 1.86. The van der Waals surface area contributed by atoms with Crippen LogP contribution in [0.5, 0.6) is 0 Å². The first-order valence-corrected chi connectivity index (χ1v) is 10.0. The van der Waals surface area contributed by atoms with E-state index in [9.17, 15) is 19.7 Å². The lowest BCUT2D eigenvalue weighted by molar-refractivity contribution is -0.384. The Labute approximate surface area is 179 Å². The first kappa shape index (κ1) is 19.8. The lowest BCUT2D eigenvalue weighted by Gasteiger charge is -2.12. The summed E-state index contributed by atoms with van der Waals surface area (Å²) in [5, 5.41) is 15.1. The maximum atomic E-state index is 13.2. The zero-order valence-electron chi connectivity index (χ0n) is 15.3. The number of carbonyl (C=O) groups is 1. The van der Waals surface area contributed by atoms with Gasteiger partial charge in [-0.1, -0.05) is 41.9 Å². The fourth-order valence-electron chi connectivity index (χ4n) is 3.07. The van der Waals surface area contributed by atoms with Crippen LogP contribution >= 0.6 is 22.9 Å². The van der Waals surface area contributed by atoms with Crippen molar-refractivity contribution < 1.29 is 9.72 Å². The Morgan fingerprint density at radius 3 is 2.53 bits per heavy atom. The highest BCUT2D eigenvalue weighted by Gasteiger charge is 2.18. The molecule has 0 aliphatic heterocycles. The van der Waals surface area contributed by atoms with Gasteiger partial charge in [-0.2, -0.15) is 0 Å². The number of carbonyl (C=O) groups excluding carboxylic acids is 1. The van der Waals surface area contributed by atoms with Crippen LogP contribution in [-0.2, 0) is 0 Å². The molecule has 0 saturated heterocycles. The van der Waals surface area contributed by atoms with Crippen molar-refractivity contribution in [1.82, 2.24) is 0 Å². The van der Waals surface area contributed by atoms with Crippen LogP contribution in [0.2, 0.25) is 5.02 Å². The highest BCUT2D eigenvalue weighted by atomic mass is 35.5. The fourth-order valence-corrected chi connectivity index (χ4v) is 4.36. The lowest BCUT2D eigenvalue weighted by Crippen LogP contribution is -2.15. The first-order chi connectivity index (χ1) is 14.4. The quantitative estimate of drug-likeness (QED) is 0.326. The van der Waals surface area contributed by atoms with Gasteiger partial charge in [0.25, 0.3) is 11.6 Å². The Morgan fingerprint density at radius 2 is 1.77 bits per heavy atom. The number of nitro groups is 1. The predicted octanol–water partition coefficient (Wildman–Crippen LogP) is 5.74. The number of anilines is 1. The summed E-state index contributed by atoms with van der Waals surface area (Å²) in [4.78, 5) is 36.5. The molecule has 0 atom stereocenters. The summed E-state index contributed by atoms with van der Waals surface area (Å²) in [5.41, 5.74) is 0.586. The number of nitrogens with zero attached hydrogens (tertiary/aromatic N) is 1. The van der Waals surface area contributed by atoms with E-state index in [-0.39, 0.29) is 16.7 Å². The molecule has 0 fully saturated rings. The zero-order chi connectivity index (χ0) is 21.3. The van der Waals surface area contributed by atoms with Gasteiger partial charge in [-0.05, 0) is 35.9 Å². The van der Waals surface area contributed by atoms with Crippen LogP contribution < -0.4 is 10.7 Å². The van der Waals surface area contributed by atoms with Gasteiger partial charge in [0.05, 0.1) is 10.5 Å². The van der Waals surface area contributed by atoms with E-state index in [1.807, 2.05) is 6.07 Å². The molecule has 4 rings (SSSR count). The van der Waals surface area contributed by atoms with Crippen molar-refractivity contribution in [3.8, 4) is 11.1 Å². The first-order valence-electron chi connectivity index (χ1n) is 8.81. The average Bonchev–Trinajstić information content (AvgIpc) is 2.74. The maximum absolute atomic E-state index is 13.2. The summed E-state index contributed by atoms with van der Waals surface area (Å²) in [6.45, 7) is 0. The molecule has 0 saturated carbocycles. The van der Waals surface area contributed by atoms with Crippen LogP contribution in [0.25, 0.3) is 21.2 Å². The topological polar surface area (TPSA) is 89.3 Å². The summed E-state index contributed by atoms with van der Waals surface area (Å²) in [5.74, 6) is -0.548. The number of amides is 1. The Hall–Kier alpha value is -3.55. The molecule has 0 radical (unpaired) electrons. The maximum Gasteiger partial charge on any atom is 0.270 e. The number of benzene rings is 3. The highest BCUT2D eigenvalue weighted by Crippen LogP contribution is 2.34. The number of nitrogens with one attached hydrogen (secondary N) is 1. The minimum absolute atomic E-state index is 0.119. The van der Waals surface area contributed by atoms with Gasteiger partial charge in [0.2, 0.25) is 0 Å². The molecule has 8 heteroatoms. The zero-order valence-corrected chi connectivity index (χ0v) is 16.9. The van der Waals surface area contributed by atoms with Crippen LogP contribution in [0.3, 0.4) is 0 Å². The summed E-state index contributed by atoms with van der Waals surface area (Å²) < 4.78 is 0.711. The minimum Gasteiger partial charge on any atom is -0.313 e. The third-order valence-corrected chi connectivity index (χ3v) is 5.78. The van der Waals surface area contributed by atoms with Crippen LogP contribution in [0.4, 0.5) is 10.7 Å². The van der Waals surface area contributed by atoms with Gasteiger partial charge in [0.1, 0.15) is 5.00 Å².